The quantitative estimate of drug-likeness (QED) is 0.786. The third-order valence-electron chi connectivity index (χ3n) is 5.04. The molecule has 0 aromatic heterocycles. The summed E-state index contributed by atoms with van der Waals surface area (Å²) in [7, 11) is 0. The van der Waals surface area contributed by atoms with Gasteiger partial charge >= 0.3 is 0 Å². The van der Waals surface area contributed by atoms with Gasteiger partial charge in [-0.3, -0.25) is 9.69 Å². The van der Waals surface area contributed by atoms with Gasteiger partial charge in [-0.2, -0.15) is 11.8 Å². The molecule has 1 saturated carbocycles. The van der Waals surface area contributed by atoms with Crippen molar-refractivity contribution in [1.82, 2.24) is 4.90 Å². The number of nitrogens with zero attached hydrogens (tertiary/aromatic N) is 1. The van der Waals surface area contributed by atoms with Crippen molar-refractivity contribution in [2.24, 2.45) is 11.8 Å². The van der Waals surface area contributed by atoms with Crippen LogP contribution in [0.15, 0.2) is 0 Å². The molecule has 0 N–H and O–H groups in total. The average molecular weight is 283 g/mol. The minimum Gasteiger partial charge on any atom is -0.299 e. The van der Waals surface area contributed by atoms with Crippen LogP contribution < -0.4 is 0 Å². The molecule has 0 bridgehead atoms. The van der Waals surface area contributed by atoms with Gasteiger partial charge in [-0.25, -0.2) is 0 Å². The third kappa shape index (κ3) is 3.98. The van der Waals surface area contributed by atoms with Crippen LogP contribution in [-0.4, -0.2) is 40.8 Å². The molecule has 110 valence electrons. The Labute approximate surface area is 122 Å². The number of rotatable bonds is 4. The molecule has 1 saturated heterocycles. The van der Waals surface area contributed by atoms with Crippen LogP contribution in [0.2, 0.25) is 0 Å². The Hall–Kier alpha value is -0.0200. The Bertz CT molecular complexity index is 307. The second kappa shape index (κ2) is 7.12. The summed E-state index contributed by atoms with van der Waals surface area (Å²) >= 11 is 2.07. The van der Waals surface area contributed by atoms with Crippen molar-refractivity contribution >= 4 is 17.5 Å². The van der Waals surface area contributed by atoms with E-state index in [0.29, 0.717) is 23.0 Å². The molecule has 1 aliphatic carbocycles. The summed E-state index contributed by atoms with van der Waals surface area (Å²) in [6, 6.07) is 0.623. The van der Waals surface area contributed by atoms with E-state index in [0.717, 1.165) is 31.7 Å². The zero-order valence-corrected chi connectivity index (χ0v) is 13.5. The van der Waals surface area contributed by atoms with Gasteiger partial charge in [0.15, 0.2) is 0 Å². The zero-order valence-electron chi connectivity index (χ0n) is 12.7. The largest absolute Gasteiger partial charge is 0.299 e. The summed E-state index contributed by atoms with van der Waals surface area (Å²) in [4.78, 5) is 14.7. The first kappa shape index (κ1) is 15.4. The molecule has 3 heteroatoms. The molecular weight excluding hydrogens is 254 g/mol. The lowest BCUT2D eigenvalue weighted by Gasteiger charge is -2.40. The van der Waals surface area contributed by atoms with Crippen LogP contribution >= 0.6 is 11.8 Å². The maximum Gasteiger partial charge on any atom is 0.137 e. The van der Waals surface area contributed by atoms with Gasteiger partial charge in [-0.15, -0.1) is 0 Å². The number of carbonyl (C=O) groups is 1. The number of Topliss-reactive ketones (excluding diaryl/α,β-unsaturated/α-hetero) is 1. The zero-order chi connectivity index (χ0) is 13.8. The minimum atomic E-state index is 0.322. The first-order valence-corrected chi connectivity index (χ1v) is 9.05. The molecule has 1 aliphatic heterocycles. The van der Waals surface area contributed by atoms with E-state index in [1.165, 1.54) is 25.1 Å². The third-order valence-corrected chi connectivity index (χ3v) is 6.38. The molecule has 2 aliphatic rings. The molecule has 19 heavy (non-hydrogen) atoms. The molecule has 2 nitrogen and oxygen atoms in total. The smallest absolute Gasteiger partial charge is 0.137 e. The van der Waals surface area contributed by atoms with E-state index in [2.05, 4.69) is 37.4 Å². The Morgan fingerprint density at radius 2 is 2.16 bits per heavy atom. The molecule has 0 spiro atoms. The molecule has 2 rings (SSSR count). The van der Waals surface area contributed by atoms with Gasteiger partial charge in [0, 0.05) is 42.5 Å². The molecular formula is C16H29NOS. The highest BCUT2D eigenvalue weighted by molar-refractivity contribution is 8.00. The van der Waals surface area contributed by atoms with Crippen LogP contribution in [0.25, 0.3) is 0 Å². The van der Waals surface area contributed by atoms with Gasteiger partial charge in [0.25, 0.3) is 0 Å². The standard InChI is InChI=1S/C16H29NOS/c1-4-5-14-6-7-16(18)15(10-14)11-17-8-9-19-13(3)12(17)2/h12-15H,4-11H2,1-3H3. The van der Waals surface area contributed by atoms with E-state index in [1.54, 1.807) is 0 Å². The summed E-state index contributed by atoms with van der Waals surface area (Å²) in [5.41, 5.74) is 0. The summed E-state index contributed by atoms with van der Waals surface area (Å²) in [6.45, 7) is 9.10. The van der Waals surface area contributed by atoms with Crippen molar-refractivity contribution in [2.45, 2.75) is 64.2 Å². The second-order valence-electron chi connectivity index (χ2n) is 6.40. The average Bonchev–Trinajstić information content (AvgIpc) is 2.39. The summed E-state index contributed by atoms with van der Waals surface area (Å²) in [5.74, 6) is 2.89. The van der Waals surface area contributed by atoms with E-state index in [1.807, 2.05) is 0 Å². The normalized spacial score (nSPS) is 37.5. The maximum absolute atomic E-state index is 12.2. The molecule has 4 atom stereocenters. The summed E-state index contributed by atoms with van der Waals surface area (Å²) < 4.78 is 0. The second-order valence-corrected chi connectivity index (χ2v) is 7.89. The van der Waals surface area contributed by atoms with Crippen molar-refractivity contribution in [3.8, 4) is 0 Å². The van der Waals surface area contributed by atoms with E-state index >= 15 is 0 Å². The van der Waals surface area contributed by atoms with Crippen molar-refractivity contribution in [3.63, 3.8) is 0 Å². The van der Waals surface area contributed by atoms with Crippen molar-refractivity contribution in [3.05, 3.63) is 0 Å². The number of carbonyl (C=O) groups excluding carboxylic acids is 1. The SMILES string of the molecule is CCCC1CCC(=O)C(CN2CCSC(C)C2C)C1. The fourth-order valence-corrected chi connectivity index (χ4v) is 4.75. The monoisotopic (exact) mass is 283 g/mol. The molecule has 1 heterocycles. The van der Waals surface area contributed by atoms with Gasteiger partial charge in [0.1, 0.15) is 5.78 Å². The molecule has 4 unspecified atom stereocenters. The Morgan fingerprint density at radius 3 is 2.89 bits per heavy atom. The van der Waals surface area contributed by atoms with E-state index < -0.39 is 0 Å². The van der Waals surface area contributed by atoms with Crippen LogP contribution in [0.3, 0.4) is 0 Å². The Kier molecular flexibility index (Phi) is 5.76. The van der Waals surface area contributed by atoms with Crippen LogP contribution in [0.5, 0.6) is 0 Å². The lowest BCUT2D eigenvalue weighted by molar-refractivity contribution is -0.126. The van der Waals surface area contributed by atoms with Crippen LogP contribution in [0, 0.1) is 11.8 Å². The van der Waals surface area contributed by atoms with Gasteiger partial charge in [0.2, 0.25) is 0 Å². The summed E-state index contributed by atoms with van der Waals surface area (Å²) in [6.07, 6.45) is 5.70. The number of thioether (sulfide) groups is 1. The highest BCUT2D eigenvalue weighted by atomic mass is 32.2. The molecule has 0 aromatic rings. The van der Waals surface area contributed by atoms with E-state index in [4.69, 9.17) is 0 Å². The number of hydrogen-bond donors (Lipinski definition) is 0. The van der Waals surface area contributed by atoms with Crippen molar-refractivity contribution in [1.29, 1.82) is 0 Å². The number of hydrogen-bond acceptors (Lipinski definition) is 3. The predicted molar refractivity (Wildman–Crippen MR) is 83.7 cm³/mol. The van der Waals surface area contributed by atoms with Gasteiger partial charge in [0.05, 0.1) is 0 Å². The lowest BCUT2D eigenvalue weighted by Crippen LogP contribution is -2.48. The fraction of sp³-hybridized carbons (Fsp3) is 0.938. The van der Waals surface area contributed by atoms with E-state index in [9.17, 15) is 4.79 Å². The molecule has 0 amide bonds. The van der Waals surface area contributed by atoms with Crippen molar-refractivity contribution in [2.75, 3.05) is 18.8 Å². The fourth-order valence-electron chi connectivity index (χ4n) is 3.59. The molecule has 0 aromatic carbocycles. The van der Waals surface area contributed by atoms with Gasteiger partial charge in [-0.1, -0.05) is 26.7 Å². The first-order valence-electron chi connectivity index (χ1n) is 8.00. The maximum atomic E-state index is 12.2. The molecule has 2 fully saturated rings. The lowest BCUT2D eigenvalue weighted by atomic mass is 9.78. The summed E-state index contributed by atoms with van der Waals surface area (Å²) in [5, 5.41) is 0.707. The van der Waals surface area contributed by atoms with Crippen LogP contribution in [-0.2, 0) is 4.79 Å². The predicted octanol–water partition coefficient (Wildman–Crippen LogP) is 3.60. The first-order chi connectivity index (χ1) is 9.11. The topological polar surface area (TPSA) is 20.3 Å². The van der Waals surface area contributed by atoms with Crippen LogP contribution in [0.1, 0.15) is 52.9 Å². The van der Waals surface area contributed by atoms with Gasteiger partial charge in [-0.05, 0) is 25.7 Å². The Morgan fingerprint density at radius 1 is 1.37 bits per heavy atom. The van der Waals surface area contributed by atoms with Crippen LogP contribution in [0.4, 0.5) is 0 Å². The van der Waals surface area contributed by atoms with Gasteiger partial charge < -0.3 is 0 Å². The minimum absolute atomic E-state index is 0.322. The van der Waals surface area contributed by atoms with Crippen molar-refractivity contribution < 1.29 is 4.79 Å². The van der Waals surface area contributed by atoms with E-state index in [-0.39, 0.29) is 0 Å². The highest BCUT2D eigenvalue weighted by Crippen LogP contribution is 2.32. The molecule has 0 radical (unpaired) electrons. The number of ketones is 1. The Balaban J connectivity index is 1.90. The highest BCUT2D eigenvalue weighted by Gasteiger charge is 2.33.